The Bertz CT molecular complexity index is 783. The van der Waals surface area contributed by atoms with E-state index in [9.17, 15) is 0 Å². The standard InChI is InChI=1S/C29H42O3/c1-6-22(2)23-12-18-27(19-13-23)32-28(29(3,4)5)31-21-20-30-26-16-14-25(15-17-26)24-10-8-7-9-11-24/h12-19,22,24,28H,6-11,20-21H2,1-5H3. The lowest BCUT2D eigenvalue weighted by atomic mass is 9.84. The summed E-state index contributed by atoms with van der Waals surface area (Å²) in [4.78, 5) is 0. The first-order valence-corrected chi connectivity index (χ1v) is 12.5. The van der Waals surface area contributed by atoms with Crippen molar-refractivity contribution in [2.24, 2.45) is 5.41 Å². The zero-order valence-corrected chi connectivity index (χ0v) is 20.7. The fraction of sp³-hybridized carbons (Fsp3) is 0.586. The molecule has 1 aliphatic rings. The predicted molar refractivity (Wildman–Crippen MR) is 133 cm³/mol. The molecule has 0 heterocycles. The van der Waals surface area contributed by atoms with Gasteiger partial charge < -0.3 is 14.2 Å². The van der Waals surface area contributed by atoms with Gasteiger partial charge in [-0.2, -0.15) is 0 Å². The van der Waals surface area contributed by atoms with Gasteiger partial charge in [0.15, 0.2) is 0 Å². The molecule has 2 atom stereocenters. The molecule has 0 saturated heterocycles. The monoisotopic (exact) mass is 438 g/mol. The van der Waals surface area contributed by atoms with Gasteiger partial charge in [0.05, 0.1) is 6.61 Å². The molecule has 0 amide bonds. The Balaban J connectivity index is 1.47. The van der Waals surface area contributed by atoms with Crippen LogP contribution in [0.1, 0.15) is 96.1 Å². The molecular weight excluding hydrogens is 396 g/mol. The third-order valence-corrected chi connectivity index (χ3v) is 6.59. The van der Waals surface area contributed by atoms with Gasteiger partial charge in [0, 0.05) is 5.41 Å². The molecule has 3 rings (SSSR count). The lowest BCUT2D eigenvalue weighted by molar-refractivity contribution is -0.145. The van der Waals surface area contributed by atoms with Crippen LogP contribution >= 0.6 is 0 Å². The van der Waals surface area contributed by atoms with Crippen LogP contribution < -0.4 is 9.47 Å². The highest BCUT2D eigenvalue weighted by Gasteiger charge is 2.27. The van der Waals surface area contributed by atoms with Gasteiger partial charge in [-0.15, -0.1) is 0 Å². The minimum Gasteiger partial charge on any atom is -0.491 e. The summed E-state index contributed by atoms with van der Waals surface area (Å²) in [7, 11) is 0. The van der Waals surface area contributed by atoms with E-state index >= 15 is 0 Å². The van der Waals surface area contributed by atoms with Gasteiger partial charge >= 0.3 is 0 Å². The van der Waals surface area contributed by atoms with Crippen molar-refractivity contribution >= 4 is 0 Å². The summed E-state index contributed by atoms with van der Waals surface area (Å²) in [6.07, 6.45) is 7.55. The van der Waals surface area contributed by atoms with Gasteiger partial charge in [0.2, 0.25) is 6.29 Å². The average molecular weight is 439 g/mol. The second-order valence-corrected chi connectivity index (χ2v) is 10.3. The third-order valence-electron chi connectivity index (χ3n) is 6.59. The largest absolute Gasteiger partial charge is 0.491 e. The first kappa shape index (κ1) is 24.6. The first-order chi connectivity index (χ1) is 15.4. The quantitative estimate of drug-likeness (QED) is 0.277. The van der Waals surface area contributed by atoms with Crippen molar-refractivity contribution in [3.05, 3.63) is 59.7 Å². The van der Waals surface area contributed by atoms with Crippen molar-refractivity contribution < 1.29 is 14.2 Å². The molecule has 3 nitrogen and oxygen atoms in total. The summed E-state index contributed by atoms with van der Waals surface area (Å²) < 4.78 is 18.2. The van der Waals surface area contributed by atoms with Gasteiger partial charge in [-0.1, -0.05) is 78.1 Å². The van der Waals surface area contributed by atoms with E-state index in [1.54, 1.807) is 0 Å². The second kappa shape index (κ2) is 11.7. The van der Waals surface area contributed by atoms with Gasteiger partial charge in [-0.25, -0.2) is 0 Å². The van der Waals surface area contributed by atoms with E-state index in [1.165, 1.54) is 43.2 Å². The van der Waals surface area contributed by atoms with Gasteiger partial charge in [-0.05, 0) is 66.5 Å². The highest BCUT2D eigenvalue weighted by atomic mass is 16.7. The summed E-state index contributed by atoms with van der Waals surface area (Å²) >= 11 is 0. The number of hydrogen-bond acceptors (Lipinski definition) is 3. The molecule has 1 saturated carbocycles. The second-order valence-electron chi connectivity index (χ2n) is 10.3. The number of rotatable bonds is 10. The van der Waals surface area contributed by atoms with Crippen molar-refractivity contribution in [3.63, 3.8) is 0 Å². The molecule has 3 heteroatoms. The number of ether oxygens (including phenoxy) is 3. The van der Waals surface area contributed by atoms with Crippen LogP contribution in [0.3, 0.4) is 0 Å². The Morgan fingerprint density at radius 1 is 0.844 bits per heavy atom. The van der Waals surface area contributed by atoms with Crippen molar-refractivity contribution in [2.45, 2.75) is 91.3 Å². The highest BCUT2D eigenvalue weighted by Crippen LogP contribution is 2.33. The Kier molecular flexibility index (Phi) is 9.04. The summed E-state index contributed by atoms with van der Waals surface area (Å²) in [5.74, 6) is 3.04. The van der Waals surface area contributed by atoms with Crippen molar-refractivity contribution in [2.75, 3.05) is 13.2 Å². The molecule has 0 aliphatic heterocycles. The summed E-state index contributed by atoms with van der Waals surface area (Å²) in [5.41, 5.74) is 2.65. The van der Waals surface area contributed by atoms with Crippen molar-refractivity contribution in [3.8, 4) is 11.5 Å². The highest BCUT2D eigenvalue weighted by molar-refractivity contribution is 5.30. The molecule has 0 spiro atoms. The van der Waals surface area contributed by atoms with Crippen molar-refractivity contribution in [1.29, 1.82) is 0 Å². The molecule has 0 N–H and O–H groups in total. The van der Waals surface area contributed by atoms with E-state index in [1.807, 2.05) is 12.1 Å². The lowest BCUT2D eigenvalue weighted by Crippen LogP contribution is -2.36. The molecule has 0 bridgehead atoms. The van der Waals surface area contributed by atoms with E-state index in [0.717, 1.165) is 23.8 Å². The fourth-order valence-corrected chi connectivity index (χ4v) is 4.28. The molecular formula is C29H42O3. The molecule has 2 aromatic rings. The maximum atomic E-state index is 6.20. The molecule has 0 aromatic heterocycles. The van der Waals surface area contributed by atoms with Crippen LogP contribution in [0.15, 0.2) is 48.5 Å². The minimum absolute atomic E-state index is 0.142. The zero-order valence-electron chi connectivity index (χ0n) is 20.7. The normalized spacial score (nSPS) is 17.0. The molecule has 1 fully saturated rings. The maximum Gasteiger partial charge on any atom is 0.204 e. The van der Waals surface area contributed by atoms with Crippen molar-refractivity contribution in [1.82, 2.24) is 0 Å². The third kappa shape index (κ3) is 7.27. The van der Waals surface area contributed by atoms with E-state index in [-0.39, 0.29) is 11.7 Å². The molecule has 176 valence electrons. The van der Waals surface area contributed by atoms with Gasteiger partial charge in [0.25, 0.3) is 0 Å². The van der Waals surface area contributed by atoms with Crippen LogP contribution in [0.2, 0.25) is 0 Å². The van der Waals surface area contributed by atoms with E-state index in [0.29, 0.717) is 19.1 Å². The van der Waals surface area contributed by atoms with Crippen LogP contribution in [0.4, 0.5) is 0 Å². The number of hydrogen-bond donors (Lipinski definition) is 0. The molecule has 2 unspecified atom stereocenters. The molecule has 2 aromatic carbocycles. The minimum atomic E-state index is -0.339. The predicted octanol–water partition coefficient (Wildman–Crippen LogP) is 8.09. The Labute approximate surface area is 195 Å². The summed E-state index contributed by atoms with van der Waals surface area (Å²) in [6, 6.07) is 17.1. The Morgan fingerprint density at radius 2 is 1.47 bits per heavy atom. The zero-order chi connectivity index (χ0) is 23.0. The number of benzene rings is 2. The van der Waals surface area contributed by atoms with Crippen LogP contribution in [0.5, 0.6) is 11.5 Å². The van der Waals surface area contributed by atoms with E-state index in [4.69, 9.17) is 14.2 Å². The Hall–Kier alpha value is -2.00. The van der Waals surface area contributed by atoms with Crippen LogP contribution in [0, 0.1) is 5.41 Å². The smallest absolute Gasteiger partial charge is 0.204 e. The topological polar surface area (TPSA) is 27.7 Å². The molecule has 1 aliphatic carbocycles. The summed E-state index contributed by atoms with van der Waals surface area (Å²) in [6.45, 7) is 11.9. The van der Waals surface area contributed by atoms with Crippen LogP contribution in [0.25, 0.3) is 0 Å². The lowest BCUT2D eigenvalue weighted by Gasteiger charge is -2.31. The van der Waals surface area contributed by atoms with Crippen LogP contribution in [-0.2, 0) is 4.74 Å². The summed E-state index contributed by atoms with van der Waals surface area (Å²) in [5, 5.41) is 0. The van der Waals surface area contributed by atoms with E-state index < -0.39 is 0 Å². The first-order valence-electron chi connectivity index (χ1n) is 12.5. The van der Waals surface area contributed by atoms with Gasteiger partial charge in [-0.3, -0.25) is 0 Å². The molecule has 0 radical (unpaired) electrons. The Morgan fingerprint density at radius 3 is 2.06 bits per heavy atom. The SMILES string of the molecule is CCC(C)c1ccc(OC(OCCOc2ccc(C3CCCCC3)cc2)C(C)(C)C)cc1. The molecule has 32 heavy (non-hydrogen) atoms. The average Bonchev–Trinajstić information content (AvgIpc) is 2.81. The maximum absolute atomic E-state index is 6.20. The van der Waals surface area contributed by atoms with Gasteiger partial charge in [0.1, 0.15) is 18.1 Å². The van der Waals surface area contributed by atoms with Crippen LogP contribution in [-0.4, -0.2) is 19.5 Å². The van der Waals surface area contributed by atoms with E-state index in [2.05, 4.69) is 71.0 Å². The fourth-order valence-electron chi connectivity index (χ4n) is 4.28.